The van der Waals surface area contributed by atoms with Gasteiger partial charge < -0.3 is 15.6 Å². The van der Waals surface area contributed by atoms with E-state index < -0.39 is 12.1 Å². The summed E-state index contributed by atoms with van der Waals surface area (Å²) in [5, 5.41) is 7.33. The van der Waals surface area contributed by atoms with Gasteiger partial charge in [-0.2, -0.15) is 11.3 Å². The molecule has 0 fully saturated rings. The largest absolute Gasteiger partial charge is 0.388 e. The molecule has 1 unspecified atom stereocenters. The summed E-state index contributed by atoms with van der Waals surface area (Å²) in [5.41, 5.74) is 8.71. The Balaban J connectivity index is 1.46. The highest BCUT2D eigenvalue weighted by molar-refractivity contribution is 7.08. The monoisotopic (exact) mass is 388 g/mol. The number of aromatic amines is 1. The van der Waals surface area contributed by atoms with Crippen LogP contribution in [0.3, 0.4) is 0 Å². The van der Waals surface area contributed by atoms with Crippen molar-refractivity contribution >= 4 is 45.6 Å². The van der Waals surface area contributed by atoms with Gasteiger partial charge in [-0.3, -0.25) is 4.79 Å². The number of carbonyl (C=O) groups is 1. The molecule has 2 aromatic heterocycles. The van der Waals surface area contributed by atoms with Crippen LogP contribution in [0.2, 0.25) is 5.02 Å². The number of aliphatic imine (C=N–C) groups is 1. The number of hydroxylamine groups is 2. The number of thiophene rings is 1. The summed E-state index contributed by atoms with van der Waals surface area (Å²) < 4.78 is 0. The van der Waals surface area contributed by atoms with Gasteiger partial charge in [-0.25, -0.2) is 4.99 Å². The molecule has 1 atom stereocenters. The maximum atomic E-state index is 11.8. The van der Waals surface area contributed by atoms with Crippen molar-refractivity contribution in [2.45, 2.75) is 19.0 Å². The maximum absolute atomic E-state index is 11.8. The second-order valence-corrected chi connectivity index (χ2v) is 7.31. The zero-order valence-corrected chi connectivity index (χ0v) is 15.4. The Morgan fingerprint density at radius 1 is 1.42 bits per heavy atom. The number of nitrogens with one attached hydrogen (secondary N) is 1. The van der Waals surface area contributed by atoms with Gasteiger partial charge in [0.15, 0.2) is 0 Å². The summed E-state index contributed by atoms with van der Waals surface area (Å²) in [5.74, 6) is -0.0125. The van der Waals surface area contributed by atoms with Gasteiger partial charge in [-0.1, -0.05) is 11.6 Å². The van der Waals surface area contributed by atoms with Crippen LogP contribution in [0.1, 0.15) is 11.1 Å². The van der Waals surface area contributed by atoms with Crippen LogP contribution in [0.4, 0.5) is 0 Å². The Kier molecular flexibility index (Phi) is 4.67. The molecule has 8 heteroatoms. The number of carbonyl (C=O) groups excluding carboxylic acids is 1. The predicted octanol–water partition coefficient (Wildman–Crippen LogP) is 3.13. The molecule has 0 spiro atoms. The fourth-order valence-electron chi connectivity index (χ4n) is 3.02. The number of nitrogens with zero attached hydrogens (tertiary/aromatic N) is 2. The van der Waals surface area contributed by atoms with Crippen molar-refractivity contribution in [3.05, 3.63) is 57.4 Å². The van der Waals surface area contributed by atoms with Crippen LogP contribution < -0.4 is 5.73 Å². The van der Waals surface area contributed by atoms with E-state index in [4.69, 9.17) is 22.2 Å². The number of halogens is 1. The number of nitrogens with two attached hydrogens (primary N) is 1. The highest BCUT2D eigenvalue weighted by Gasteiger charge is 2.32. The first-order chi connectivity index (χ1) is 12.6. The first kappa shape index (κ1) is 17.1. The summed E-state index contributed by atoms with van der Waals surface area (Å²) in [7, 11) is 0. The normalized spacial score (nSPS) is 17.4. The minimum absolute atomic E-state index is 0.490. The fraction of sp³-hybridized carbons (Fsp3) is 0.222. The molecule has 3 heterocycles. The molecule has 4 rings (SSSR count). The molecule has 0 saturated carbocycles. The average molecular weight is 389 g/mol. The van der Waals surface area contributed by atoms with Crippen molar-refractivity contribution < 1.29 is 9.63 Å². The van der Waals surface area contributed by atoms with Crippen molar-refractivity contribution in [2.75, 3.05) is 6.54 Å². The Morgan fingerprint density at radius 2 is 2.31 bits per heavy atom. The van der Waals surface area contributed by atoms with Gasteiger partial charge in [-0.05, 0) is 52.6 Å². The van der Waals surface area contributed by atoms with E-state index in [1.165, 1.54) is 0 Å². The number of primary amides is 1. The third-order valence-electron chi connectivity index (χ3n) is 4.28. The van der Waals surface area contributed by atoms with E-state index in [0.29, 0.717) is 30.3 Å². The smallest absolute Gasteiger partial charge is 0.260 e. The minimum atomic E-state index is -0.794. The number of hydrogen-bond acceptors (Lipinski definition) is 5. The molecule has 6 nitrogen and oxygen atoms in total. The topological polar surface area (TPSA) is 83.7 Å². The standard InChI is InChI=1S/C18H17ClN4O2S/c19-13-1-2-15-14(8-13)12(9-21-15)3-5-23-18(17(20)24)22-16(25-23)7-11-4-6-26-10-11/h1-2,4,6,8-10,18,21H,3,5,7H2,(H2,20,24). The number of aromatic nitrogens is 1. The van der Waals surface area contributed by atoms with E-state index >= 15 is 0 Å². The van der Waals surface area contributed by atoms with E-state index in [2.05, 4.69) is 9.98 Å². The van der Waals surface area contributed by atoms with E-state index in [0.717, 1.165) is 22.0 Å². The molecule has 0 bridgehead atoms. The van der Waals surface area contributed by atoms with Crippen LogP contribution in [0.15, 0.2) is 46.2 Å². The number of benzene rings is 1. The molecule has 0 aliphatic carbocycles. The van der Waals surface area contributed by atoms with Crippen LogP contribution in [0.25, 0.3) is 10.9 Å². The van der Waals surface area contributed by atoms with Gasteiger partial charge in [0.25, 0.3) is 5.91 Å². The first-order valence-electron chi connectivity index (χ1n) is 8.17. The number of fused-ring (bicyclic) bond motifs is 1. The van der Waals surface area contributed by atoms with Crippen molar-refractivity contribution in [3.8, 4) is 0 Å². The maximum Gasteiger partial charge on any atom is 0.260 e. The molecule has 3 N–H and O–H groups in total. The van der Waals surface area contributed by atoms with Crippen molar-refractivity contribution in [3.63, 3.8) is 0 Å². The van der Waals surface area contributed by atoms with Gasteiger partial charge in [0.1, 0.15) is 0 Å². The van der Waals surface area contributed by atoms with E-state index in [1.807, 2.05) is 41.2 Å². The summed E-state index contributed by atoms with van der Waals surface area (Å²) in [6.45, 7) is 0.490. The Hall–Kier alpha value is -2.35. The number of H-pyrrole nitrogens is 1. The minimum Gasteiger partial charge on any atom is -0.388 e. The molecule has 1 aliphatic rings. The summed E-state index contributed by atoms with van der Waals surface area (Å²) >= 11 is 7.71. The lowest BCUT2D eigenvalue weighted by molar-refractivity contribution is -0.137. The quantitative estimate of drug-likeness (QED) is 0.680. The Labute approximate surface area is 159 Å². The number of hydrogen-bond donors (Lipinski definition) is 2. The molecule has 1 amide bonds. The van der Waals surface area contributed by atoms with Gasteiger partial charge in [0.05, 0.1) is 6.42 Å². The zero-order valence-electron chi connectivity index (χ0n) is 13.8. The van der Waals surface area contributed by atoms with Crippen LogP contribution in [0, 0.1) is 0 Å². The molecule has 0 radical (unpaired) electrons. The molecule has 26 heavy (non-hydrogen) atoms. The van der Waals surface area contributed by atoms with Crippen LogP contribution in [0.5, 0.6) is 0 Å². The van der Waals surface area contributed by atoms with Gasteiger partial charge in [-0.15, -0.1) is 5.06 Å². The molecule has 134 valence electrons. The van der Waals surface area contributed by atoms with E-state index in [1.54, 1.807) is 16.4 Å². The molecular formula is C18H17ClN4O2S. The highest BCUT2D eigenvalue weighted by Crippen LogP contribution is 2.24. The zero-order chi connectivity index (χ0) is 18.1. The van der Waals surface area contributed by atoms with E-state index in [-0.39, 0.29) is 0 Å². The molecule has 3 aromatic rings. The summed E-state index contributed by atoms with van der Waals surface area (Å²) in [6.07, 6.45) is 2.37. The third kappa shape index (κ3) is 3.46. The lowest BCUT2D eigenvalue weighted by Crippen LogP contribution is -2.40. The fourth-order valence-corrected chi connectivity index (χ4v) is 3.86. The van der Waals surface area contributed by atoms with Crippen molar-refractivity contribution in [2.24, 2.45) is 10.7 Å². The second-order valence-electron chi connectivity index (χ2n) is 6.09. The van der Waals surface area contributed by atoms with E-state index in [9.17, 15) is 4.79 Å². The van der Waals surface area contributed by atoms with Gasteiger partial charge in [0, 0.05) is 28.7 Å². The van der Waals surface area contributed by atoms with Gasteiger partial charge in [0.2, 0.25) is 12.1 Å². The summed E-state index contributed by atoms with van der Waals surface area (Å²) in [6, 6.07) is 7.73. The molecule has 0 saturated heterocycles. The first-order valence-corrected chi connectivity index (χ1v) is 9.49. The average Bonchev–Trinajstić information content (AvgIpc) is 3.33. The number of amides is 1. The Bertz CT molecular complexity index is 967. The van der Waals surface area contributed by atoms with Gasteiger partial charge >= 0.3 is 0 Å². The molecule has 1 aromatic carbocycles. The SMILES string of the molecule is NC(=O)C1N=C(Cc2ccsc2)ON1CCc1c[nH]c2ccc(Cl)cc12. The summed E-state index contributed by atoms with van der Waals surface area (Å²) in [4.78, 5) is 25.1. The molecular weight excluding hydrogens is 372 g/mol. The lowest BCUT2D eigenvalue weighted by Gasteiger charge is -2.18. The van der Waals surface area contributed by atoms with Crippen LogP contribution in [-0.4, -0.2) is 34.6 Å². The second kappa shape index (κ2) is 7.11. The third-order valence-corrected chi connectivity index (χ3v) is 5.25. The Morgan fingerprint density at radius 3 is 3.08 bits per heavy atom. The van der Waals surface area contributed by atoms with Crippen LogP contribution in [-0.2, 0) is 22.5 Å². The highest BCUT2D eigenvalue weighted by atomic mass is 35.5. The lowest BCUT2D eigenvalue weighted by atomic mass is 10.1. The number of rotatable bonds is 6. The predicted molar refractivity (Wildman–Crippen MR) is 103 cm³/mol. The molecule has 1 aliphatic heterocycles. The van der Waals surface area contributed by atoms with Crippen LogP contribution >= 0.6 is 22.9 Å². The van der Waals surface area contributed by atoms with Crippen molar-refractivity contribution in [1.82, 2.24) is 10.0 Å². The van der Waals surface area contributed by atoms with Crippen molar-refractivity contribution in [1.29, 1.82) is 0 Å².